The number of carboxylic acids is 1. The summed E-state index contributed by atoms with van der Waals surface area (Å²) in [6.07, 6.45) is -0.893. The predicted molar refractivity (Wildman–Crippen MR) is 107 cm³/mol. The molecule has 4 rings (SSSR count). The second-order valence-electron chi connectivity index (χ2n) is 6.57. The molecule has 0 aliphatic heterocycles. The van der Waals surface area contributed by atoms with Crippen molar-refractivity contribution in [3.05, 3.63) is 88.2 Å². The number of carbonyl (C=O) groups is 2. The van der Waals surface area contributed by atoms with Gasteiger partial charge in [-0.1, -0.05) is 60.1 Å². The summed E-state index contributed by atoms with van der Waals surface area (Å²) >= 11 is 5.79. The Morgan fingerprint density at radius 3 is 2.21 bits per heavy atom. The van der Waals surface area contributed by atoms with Crippen LogP contribution in [0, 0.1) is 5.82 Å². The Labute approximate surface area is 170 Å². The van der Waals surface area contributed by atoms with Crippen LogP contribution in [0.3, 0.4) is 0 Å². The van der Waals surface area contributed by atoms with Crippen molar-refractivity contribution in [1.29, 1.82) is 0 Å². The van der Waals surface area contributed by atoms with Gasteiger partial charge in [0.1, 0.15) is 18.0 Å². The van der Waals surface area contributed by atoms with Crippen molar-refractivity contribution in [2.45, 2.75) is 5.92 Å². The SMILES string of the molecule is O=C(Nc1cc(F)cc(Cl)c1C(=O)O)OCC1c2ccccc2-c2ccccc21. The zero-order valence-corrected chi connectivity index (χ0v) is 15.7. The van der Waals surface area contributed by atoms with Gasteiger partial charge in [-0.2, -0.15) is 0 Å². The minimum atomic E-state index is -1.39. The lowest BCUT2D eigenvalue weighted by molar-refractivity contribution is 0.0698. The van der Waals surface area contributed by atoms with E-state index in [1.165, 1.54) is 0 Å². The Bertz CT molecular complexity index is 1090. The van der Waals surface area contributed by atoms with Gasteiger partial charge in [-0.15, -0.1) is 0 Å². The van der Waals surface area contributed by atoms with Crippen LogP contribution in [0.4, 0.5) is 14.9 Å². The van der Waals surface area contributed by atoms with Crippen LogP contribution in [0.1, 0.15) is 27.4 Å². The molecular weight excluding hydrogens is 397 g/mol. The summed E-state index contributed by atoms with van der Waals surface area (Å²) in [5, 5.41) is 11.2. The predicted octanol–water partition coefficient (Wildman–Crippen LogP) is 5.54. The standard InChI is InChI=1S/C22H15ClFNO4/c23-18-9-12(24)10-19(20(18)21(26)27)25-22(28)29-11-17-15-7-3-1-5-13(15)14-6-2-4-8-16(14)17/h1-10,17H,11H2,(H,25,28)(H,26,27). The molecule has 0 fully saturated rings. The van der Waals surface area contributed by atoms with Crippen LogP contribution in [0.15, 0.2) is 60.7 Å². The number of hydrogen-bond donors (Lipinski definition) is 2. The maximum Gasteiger partial charge on any atom is 0.411 e. The number of carboxylic acid groups (broad SMARTS) is 1. The molecule has 0 saturated heterocycles. The normalized spacial score (nSPS) is 12.2. The molecule has 0 aromatic heterocycles. The maximum absolute atomic E-state index is 13.6. The van der Waals surface area contributed by atoms with Gasteiger partial charge in [0.05, 0.1) is 10.7 Å². The molecule has 3 aromatic rings. The molecule has 0 heterocycles. The number of benzene rings is 3. The van der Waals surface area contributed by atoms with Gasteiger partial charge in [0.2, 0.25) is 0 Å². The molecule has 1 aliphatic carbocycles. The van der Waals surface area contributed by atoms with Crippen molar-refractivity contribution in [1.82, 2.24) is 0 Å². The molecule has 146 valence electrons. The Morgan fingerprint density at radius 2 is 1.62 bits per heavy atom. The van der Waals surface area contributed by atoms with Gasteiger partial charge in [-0.25, -0.2) is 14.0 Å². The number of nitrogens with one attached hydrogen (secondary N) is 1. The van der Waals surface area contributed by atoms with Crippen molar-refractivity contribution in [2.24, 2.45) is 0 Å². The lowest BCUT2D eigenvalue weighted by atomic mass is 9.98. The zero-order valence-electron chi connectivity index (χ0n) is 15.0. The number of amides is 1. The number of carbonyl (C=O) groups excluding carboxylic acids is 1. The van der Waals surface area contributed by atoms with Crippen LogP contribution in [0.5, 0.6) is 0 Å². The first-order valence-corrected chi connectivity index (χ1v) is 9.18. The van der Waals surface area contributed by atoms with E-state index in [1.54, 1.807) is 0 Å². The summed E-state index contributed by atoms with van der Waals surface area (Å²) in [5.41, 5.74) is 3.59. The Kier molecular flexibility index (Phi) is 4.94. The summed E-state index contributed by atoms with van der Waals surface area (Å²) in [6, 6.07) is 17.5. The number of ether oxygens (including phenoxy) is 1. The van der Waals surface area contributed by atoms with Gasteiger partial charge < -0.3 is 9.84 Å². The molecule has 0 spiro atoms. The third-order valence-electron chi connectivity index (χ3n) is 4.85. The highest BCUT2D eigenvalue weighted by Gasteiger charge is 2.29. The topological polar surface area (TPSA) is 75.6 Å². The molecule has 0 bridgehead atoms. The number of halogens is 2. The monoisotopic (exact) mass is 411 g/mol. The van der Waals surface area contributed by atoms with E-state index in [2.05, 4.69) is 5.32 Å². The summed E-state index contributed by atoms with van der Waals surface area (Å²) < 4.78 is 19.0. The van der Waals surface area contributed by atoms with E-state index in [-0.39, 0.29) is 23.2 Å². The first-order valence-electron chi connectivity index (χ1n) is 8.80. The van der Waals surface area contributed by atoms with Crippen molar-refractivity contribution in [2.75, 3.05) is 11.9 Å². The van der Waals surface area contributed by atoms with E-state index >= 15 is 0 Å². The zero-order chi connectivity index (χ0) is 20.5. The van der Waals surface area contributed by atoms with E-state index in [0.717, 1.165) is 34.4 Å². The van der Waals surface area contributed by atoms with Crippen LogP contribution in [0.2, 0.25) is 5.02 Å². The second-order valence-corrected chi connectivity index (χ2v) is 6.97. The molecule has 0 radical (unpaired) electrons. The molecule has 1 amide bonds. The van der Waals surface area contributed by atoms with E-state index in [4.69, 9.17) is 16.3 Å². The van der Waals surface area contributed by atoms with Gasteiger partial charge in [-0.05, 0) is 34.4 Å². The van der Waals surface area contributed by atoms with Gasteiger partial charge in [0, 0.05) is 5.92 Å². The molecule has 2 N–H and O–H groups in total. The molecule has 0 saturated carbocycles. The number of fused-ring (bicyclic) bond motifs is 3. The molecule has 5 nitrogen and oxygen atoms in total. The second kappa shape index (κ2) is 7.56. The Morgan fingerprint density at radius 1 is 1.03 bits per heavy atom. The molecule has 1 aliphatic rings. The van der Waals surface area contributed by atoms with E-state index in [1.807, 2.05) is 48.5 Å². The van der Waals surface area contributed by atoms with Crippen molar-refractivity contribution in [3.8, 4) is 11.1 Å². The van der Waals surface area contributed by atoms with E-state index < -0.39 is 23.4 Å². The van der Waals surface area contributed by atoms with Gasteiger partial charge in [-0.3, -0.25) is 5.32 Å². The van der Waals surface area contributed by atoms with Crippen LogP contribution < -0.4 is 5.32 Å². The highest BCUT2D eigenvalue weighted by atomic mass is 35.5. The smallest absolute Gasteiger partial charge is 0.411 e. The molecule has 7 heteroatoms. The van der Waals surface area contributed by atoms with Gasteiger partial charge >= 0.3 is 12.1 Å². The molecular formula is C22H15ClFNO4. The summed E-state index contributed by atoms with van der Waals surface area (Å²) in [5.74, 6) is -2.30. The molecule has 29 heavy (non-hydrogen) atoms. The summed E-state index contributed by atoms with van der Waals surface area (Å²) in [6.45, 7) is 0.0469. The van der Waals surface area contributed by atoms with E-state index in [0.29, 0.717) is 0 Å². The molecule has 0 atom stereocenters. The van der Waals surface area contributed by atoms with Crippen LogP contribution in [-0.2, 0) is 4.74 Å². The average molecular weight is 412 g/mol. The first kappa shape index (κ1) is 19.0. The number of aromatic carboxylic acids is 1. The quantitative estimate of drug-likeness (QED) is 0.591. The number of rotatable bonds is 4. The highest BCUT2D eigenvalue weighted by Crippen LogP contribution is 2.44. The van der Waals surface area contributed by atoms with E-state index in [9.17, 15) is 19.1 Å². The average Bonchev–Trinajstić information content (AvgIpc) is 2.99. The number of anilines is 1. The number of hydrogen-bond acceptors (Lipinski definition) is 3. The third kappa shape index (κ3) is 3.54. The van der Waals surface area contributed by atoms with Gasteiger partial charge in [0.15, 0.2) is 0 Å². The lowest BCUT2D eigenvalue weighted by Gasteiger charge is -2.15. The Hall–Kier alpha value is -3.38. The maximum atomic E-state index is 13.6. The van der Waals surface area contributed by atoms with Crippen molar-refractivity contribution >= 4 is 29.4 Å². The first-order chi connectivity index (χ1) is 14.0. The summed E-state index contributed by atoms with van der Waals surface area (Å²) in [7, 11) is 0. The van der Waals surface area contributed by atoms with Crippen LogP contribution >= 0.6 is 11.6 Å². The minimum absolute atomic E-state index is 0.0469. The molecule has 3 aromatic carbocycles. The van der Waals surface area contributed by atoms with Crippen molar-refractivity contribution in [3.63, 3.8) is 0 Å². The Balaban J connectivity index is 1.54. The lowest BCUT2D eigenvalue weighted by Crippen LogP contribution is -2.19. The minimum Gasteiger partial charge on any atom is -0.478 e. The summed E-state index contributed by atoms with van der Waals surface area (Å²) in [4.78, 5) is 23.7. The third-order valence-corrected chi connectivity index (χ3v) is 5.15. The largest absolute Gasteiger partial charge is 0.478 e. The fourth-order valence-corrected chi connectivity index (χ4v) is 3.92. The van der Waals surface area contributed by atoms with Gasteiger partial charge in [0.25, 0.3) is 0 Å². The fourth-order valence-electron chi connectivity index (χ4n) is 3.63. The van der Waals surface area contributed by atoms with Crippen molar-refractivity contribution < 1.29 is 23.8 Å². The fraction of sp³-hybridized carbons (Fsp3) is 0.0909. The van der Waals surface area contributed by atoms with Crippen LogP contribution in [-0.4, -0.2) is 23.8 Å². The highest BCUT2D eigenvalue weighted by molar-refractivity contribution is 6.34. The molecule has 0 unspecified atom stereocenters. The van der Waals surface area contributed by atoms with Crippen LogP contribution in [0.25, 0.3) is 11.1 Å².